The van der Waals surface area contributed by atoms with E-state index in [-0.39, 0.29) is 11.9 Å². The summed E-state index contributed by atoms with van der Waals surface area (Å²) in [4.78, 5) is 12.0. The Bertz CT molecular complexity index is 482. The summed E-state index contributed by atoms with van der Waals surface area (Å²) >= 11 is 5.07. The molecule has 0 aromatic heterocycles. The number of rotatable bonds is 6. The first-order chi connectivity index (χ1) is 10.1. The van der Waals surface area contributed by atoms with E-state index < -0.39 is 0 Å². The Labute approximate surface area is 130 Å². The van der Waals surface area contributed by atoms with Crippen molar-refractivity contribution in [2.75, 3.05) is 20.8 Å². The number of methoxy groups -OCH3 is 2. The maximum absolute atomic E-state index is 12.0. The lowest BCUT2D eigenvalue weighted by Gasteiger charge is -2.16. The van der Waals surface area contributed by atoms with E-state index in [0.717, 1.165) is 5.56 Å². The van der Waals surface area contributed by atoms with Gasteiger partial charge >= 0.3 is 0 Å². The highest BCUT2D eigenvalue weighted by Crippen LogP contribution is 2.06. The lowest BCUT2D eigenvalue weighted by atomic mass is 10.1. The first-order valence-electron chi connectivity index (χ1n) is 6.50. The van der Waals surface area contributed by atoms with Crippen LogP contribution in [0.25, 0.3) is 0 Å². The summed E-state index contributed by atoms with van der Waals surface area (Å²) in [5.74, 6) is -0.267. The van der Waals surface area contributed by atoms with Crippen molar-refractivity contribution in [1.82, 2.24) is 16.2 Å². The van der Waals surface area contributed by atoms with Crippen LogP contribution in [0.15, 0.2) is 24.3 Å². The maximum atomic E-state index is 12.0. The molecule has 0 aliphatic carbocycles. The van der Waals surface area contributed by atoms with Crippen LogP contribution >= 0.6 is 12.2 Å². The number of nitrogens with one attached hydrogen (secondary N) is 3. The third-order valence-corrected chi connectivity index (χ3v) is 2.80. The number of ether oxygens (including phenoxy) is 2. The molecule has 1 aromatic rings. The zero-order chi connectivity index (χ0) is 15.7. The van der Waals surface area contributed by atoms with Gasteiger partial charge in [-0.2, -0.15) is 0 Å². The van der Waals surface area contributed by atoms with Gasteiger partial charge in [-0.15, -0.1) is 0 Å². The second-order valence-electron chi connectivity index (χ2n) is 4.54. The van der Waals surface area contributed by atoms with Crippen molar-refractivity contribution in [1.29, 1.82) is 0 Å². The smallest absolute Gasteiger partial charge is 0.269 e. The molecule has 0 bridgehead atoms. The minimum atomic E-state index is -0.267. The predicted octanol–water partition coefficient (Wildman–Crippen LogP) is 0.977. The van der Waals surface area contributed by atoms with Gasteiger partial charge in [-0.25, -0.2) is 0 Å². The molecule has 0 aliphatic heterocycles. The molecule has 0 fully saturated rings. The van der Waals surface area contributed by atoms with E-state index >= 15 is 0 Å². The third-order valence-electron chi connectivity index (χ3n) is 2.58. The minimum Gasteiger partial charge on any atom is -0.383 e. The fraction of sp³-hybridized carbons (Fsp3) is 0.429. The Morgan fingerprint density at radius 1 is 1.29 bits per heavy atom. The number of carbonyl (C=O) groups is 1. The van der Waals surface area contributed by atoms with Crippen LogP contribution in [0.4, 0.5) is 0 Å². The summed E-state index contributed by atoms with van der Waals surface area (Å²) in [6.07, 6.45) is 0. The second kappa shape index (κ2) is 9.28. The fourth-order valence-corrected chi connectivity index (χ4v) is 1.96. The van der Waals surface area contributed by atoms with Crippen LogP contribution in [0.2, 0.25) is 0 Å². The number of hydrogen-bond donors (Lipinski definition) is 3. The summed E-state index contributed by atoms with van der Waals surface area (Å²) in [6, 6.07) is 7.24. The van der Waals surface area contributed by atoms with E-state index in [1.165, 1.54) is 0 Å². The minimum absolute atomic E-state index is 0.0527. The number of carbonyl (C=O) groups excluding carboxylic acids is 1. The number of hydrogen-bond acceptors (Lipinski definition) is 4. The Kier molecular flexibility index (Phi) is 7.66. The number of amides is 1. The molecular weight excluding hydrogens is 290 g/mol. The van der Waals surface area contributed by atoms with Crippen LogP contribution in [0.5, 0.6) is 0 Å². The quantitative estimate of drug-likeness (QED) is 0.537. The van der Waals surface area contributed by atoms with Gasteiger partial charge in [0.25, 0.3) is 5.91 Å². The molecule has 1 rings (SSSR count). The lowest BCUT2D eigenvalue weighted by Crippen LogP contribution is -2.49. The van der Waals surface area contributed by atoms with Gasteiger partial charge in [-0.3, -0.25) is 15.6 Å². The first-order valence-corrected chi connectivity index (χ1v) is 6.91. The summed E-state index contributed by atoms with van der Waals surface area (Å²) in [6.45, 7) is 2.91. The fourth-order valence-electron chi connectivity index (χ4n) is 1.71. The molecule has 0 heterocycles. The molecule has 0 aliphatic rings. The molecule has 6 nitrogen and oxygen atoms in total. The monoisotopic (exact) mass is 311 g/mol. The second-order valence-corrected chi connectivity index (χ2v) is 4.95. The van der Waals surface area contributed by atoms with Crippen molar-refractivity contribution in [2.24, 2.45) is 0 Å². The van der Waals surface area contributed by atoms with Gasteiger partial charge in [-0.1, -0.05) is 12.1 Å². The normalized spacial score (nSPS) is 11.6. The Morgan fingerprint density at radius 2 is 2.05 bits per heavy atom. The van der Waals surface area contributed by atoms with E-state index in [4.69, 9.17) is 21.7 Å². The molecule has 0 radical (unpaired) electrons. The van der Waals surface area contributed by atoms with Crippen molar-refractivity contribution < 1.29 is 14.3 Å². The van der Waals surface area contributed by atoms with Gasteiger partial charge in [0.15, 0.2) is 5.11 Å². The maximum Gasteiger partial charge on any atom is 0.269 e. The Morgan fingerprint density at radius 3 is 2.71 bits per heavy atom. The molecule has 0 spiro atoms. The number of hydrazine groups is 1. The largest absolute Gasteiger partial charge is 0.383 e. The molecule has 7 heteroatoms. The van der Waals surface area contributed by atoms with Gasteiger partial charge in [0, 0.05) is 25.8 Å². The molecular formula is C14H21N3O3S. The zero-order valence-electron chi connectivity index (χ0n) is 12.4. The average Bonchev–Trinajstić information content (AvgIpc) is 2.45. The van der Waals surface area contributed by atoms with Crippen molar-refractivity contribution in [3.8, 4) is 0 Å². The molecule has 0 saturated heterocycles. The molecule has 0 unspecified atom stereocenters. The first kappa shape index (κ1) is 17.4. The number of thiocarbonyl (C=S) groups is 1. The van der Waals surface area contributed by atoms with E-state index in [2.05, 4.69) is 16.2 Å². The van der Waals surface area contributed by atoms with E-state index in [0.29, 0.717) is 23.9 Å². The molecule has 1 amide bonds. The topological polar surface area (TPSA) is 71.6 Å². The van der Waals surface area contributed by atoms with Crippen LogP contribution in [0.3, 0.4) is 0 Å². The Hall–Kier alpha value is -1.70. The van der Waals surface area contributed by atoms with Crippen LogP contribution in [0, 0.1) is 0 Å². The van der Waals surface area contributed by atoms with Gasteiger partial charge in [0.2, 0.25) is 0 Å². The lowest BCUT2D eigenvalue weighted by molar-refractivity contribution is 0.0943. The van der Waals surface area contributed by atoms with Crippen LogP contribution < -0.4 is 16.2 Å². The van der Waals surface area contributed by atoms with Crippen molar-refractivity contribution in [3.05, 3.63) is 35.4 Å². The van der Waals surface area contributed by atoms with Crippen molar-refractivity contribution in [3.63, 3.8) is 0 Å². The molecule has 1 atom stereocenters. The molecule has 116 valence electrons. The van der Waals surface area contributed by atoms with E-state index in [1.54, 1.807) is 32.4 Å². The van der Waals surface area contributed by atoms with Gasteiger partial charge < -0.3 is 14.8 Å². The third kappa shape index (κ3) is 6.52. The molecule has 21 heavy (non-hydrogen) atoms. The highest BCUT2D eigenvalue weighted by Gasteiger charge is 2.08. The summed E-state index contributed by atoms with van der Waals surface area (Å²) in [5, 5.41) is 3.31. The summed E-state index contributed by atoms with van der Waals surface area (Å²) < 4.78 is 10.0. The highest BCUT2D eigenvalue weighted by atomic mass is 32.1. The van der Waals surface area contributed by atoms with Crippen molar-refractivity contribution >= 4 is 23.2 Å². The summed E-state index contributed by atoms with van der Waals surface area (Å²) in [5.41, 5.74) is 6.66. The van der Waals surface area contributed by atoms with Crippen LogP contribution in [-0.2, 0) is 16.1 Å². The molecule has 3 N–H and O–H groups in total. The van der Waals surface area contributed by atoms with Gasteiger partial charge in [0.05, 0.1) is 13.2 Å². The van der Waals surface area contributed by atoms with E-state index in [9.17, 15) is 4.79 Å². The van der Waals surface area contributed by atoms with Gasteiger partial charge in [-0.05, 0) is 36.8 Å². The van der Waals surface area contributed by atoms with Gasteiger partial charge in [0.1, 0.15) is 0 Å². The summed E-state index contributed by atoms with van der Waals surface area (Å²) in [7, 11) is 3.23. The SMILES string of the molecule is COCc1cccc(C(=O)NNC(=S)N[C@@H](C)COC)c1. The molecule has 0 saturated carbocycles. The Balaban J connectivity index is 2.46. The average molecular weight is 311 g/mol. The highest BCUT2D eigenvalue weighted by molar-refractivity contribution is 7.80. The van der Waals surface area contributed by atoms with E-state index in [1.807, 2.05) is 13.0 Å². The zero-order valence-corrected chi connectivity index (χ0v) is 13.3. The van der Waals surface area contributed by atoms with Crippen molar-refractivity contribution in [2.45, 2.75) is 19.6 Å². The van der Waals surface area contributed by atoms with Crippen LogP contribution in [0.1, 0.15) is 22.8 Å². The molecule has 1 aromatic carbocycles. The number of benzene rings is 1. The van der Waals surface area contributed by atoms with Crippen LogP contribution in [-0.4, -0.2) is 37.9 Å². The standard InChI is InChI=1S/C14H21N3O3S/c1-10(8-19-2)15-14(21)17-16-13(18)12-6-4-5-11(7-12)9-20-3/h4-7,10H,8-9H2,1-3H3,(H,16,18)(H2,15,17,21)/t10-/m0/s1. The predicted molar refractivity (Wildman–Crippen MR) is 84.8 cm³/mol.